The number of hydrogen-bond donors (Lipinski definition) is 2. The number of piperidine rings is 1. The second-order valence-corrected chi connectivity index (χ2v) is 6.54. The first-order chi connectivity index (χ1) is 7.97. The van der Waals surface area contributed by atoms with Gasteiger partial charge in [-0.25, -0.2) is 0 Å². The number of carboxylic acid groups (broad SMARTS) is 1. The van der Waals surface area contributed by atoms with Gasteiger partial charge < -0.3 is 5.11 Å². The maximum absolute atomic E-state index is 11.9. The molecule has 0 atom stereocenters. The summed E-state index contributed by atoms with van der Waals surface area (Å²) in [6.07, 6.45) is 3.27. The van der Waals surface area contributed by atoms with Crippen molar-refractivity contribution in [3.8, 4) is 0 Å². The first kappa shape index (κ1) is 12.8. The van der Waals surface area contributed by atoms with Gasteiger partial charge in [-0.3, -0.25) is 4.79 Å². The molecule has 0 unspecified atom stereocenters. The number of carbonyl (C=O) groups is 1. The molecule has 6 nitrogen and oxygen atoms in total. The molecule has 2 aliphatic rings. The molecule has 2 N–H and O–H groups in total. The minimum Gasteiger partial charge on any atom is -0.481 e. The zero-order chi connectivity index (χ0) is 12.5. The van der Waals surface area contributed by atoms with Gasteiger partial charge in [-0.05, 0) is 31.6 Å². The summed E-state index contributed by atoms with van der Waals surface area (Å²) in [5.41, 5.74) is 0. The second kappa shape index (κ2) is 4.91. The molecule has 17 heavy (non-hydrogen) atoms. The lowest BCUT2D eigenvalue weighted by Crippen LogP contribution is -2.45. The molecule has 1 aliphatic carbocycles. The average molecular weight is 262 g/mol. The first-order valence-corrected chi connectivity index (χ1v) is 7.40. The van der Waals surface area contributed by atoms with Crippen LogP contribution in [0.3, 0.4) is 0 Å². The molecule has 1 saturated heterocycles. The highest BCUT2D eigenvalue weighted by molar-refractivity contribution is 7.87. The highest BCUT2D eigenvalue weighted by Gasteiger charge is 2.33. The Morgan fingerprint density at radius 3 is 2.29 bits per heavy atom. The van der Waals surface area contributed by atoms with E-state index >= 15 is 0 Å². The number of carboxylic acids is 1. The van der Waals surface area contributed by atoms with Crippen molar-refractivity contribution >= 4 is 16.2 Å². The van der Waals surface area contributed by atoms with Gasteiger partial charge in [0, 0.05) is 25.6 Å². The lowest BCUT2D eigenvalue weighted by atomic mass is 9.95. The monoisotopic (exact) mass is 262 g/mol. The van der Waals surface area contributed by atoms with Gasteiger partial charge in [-0.2, -0.15) is 17.4 Å². The van der Waals surface area contributed by atoms with Gasteiger partial charge >= 0.3 is 5.97 Å². The fourth-order valence-electron chi connectivity index (χ4n) is 2.09. The van der Waals surface area contributed by atoms with Crippen molar-refractivity contribution in [2.75, 3.05) is 13.1 Å². The number of nitrogens with zero attached hydrogens (tertiary/aromatic N) is 1. The van der Waals surface area contributed by atoms with Crippen molar-refractivity contribution < 1.29 is 18.3 Å². The van der Waals surface area contributed by atoms with Crippen LogP contribution in [0.4, 0.5) is 0 Å². The summed E-state index contributed by atoms with van der Waals surface area (Å²) in [6, 6.07) is 0.122. The molecule has 1 aliphatic heterocycles. The fourth-order valence-corrected chi connectivity index (χ4v) is 3.58. The lowest BCUT2D eigenvalue weighted by Gasteiger charge is -2.30. The Kier molecular flexibility index (Phi) is 3.70. The predicted molar refractivity (Wildman–Crippen MR) is 61.6 cm³/mol. The van der Waals surface area contributed by atoms with E-state index in [1.165, 1.54) is 4.31 Å². The van der Waals surface area contributed by atoms with Crippen LogP contribution in [0.25, 0.3) is 0 Å². The third-order valence-electron chi connectivity index (χ3n) is 3.27. The topological polar surface area (TPSA) is 86.7 Å². The van der Waals surface area contributed by atoms with E-state index in [1.807, 2.05) is 0 Å². The Morgan fingerprint density at radius 1 is 1.24 bits per heavy atom. The van der Waals surface area contributed by atoms with Crippen molar-refractivity contribution in [1.82, 2.24) is 9.03 Å². The Morgan fingerprint density at radius 2 is 1.82 bits per heavy atom. The molecule has 0 radical (unpaired) electrons. The fraction of sp³-hybridized carbons (Fsp3) is 0.900. The van der Waals surface area contributed by atoms with Crippen LogP contribution in [0.5, 0.6) is 0 Å². The molecule has 0 aromatic rings. The van der Waals surface area contributed by atoms with E-state index in [4.69, 9.17) is 5.11 Å². The first-order valence-electron chi connectivity index (χ1n) is 5.96. The van der Waals surface area contributed by atoms with Gasteiger partial charge in [-0.15, -0.1) is 0 Å². The summed E-state index contributed by atoms with van der Waals surface area (Å²) < 4.78 is 27.8. The molecule has 0 bridgehead atoms. The smallest absolute Gasteiger partial charge is 0.303 e. The number of rotatable bonds is 5. The Balaban J connectivity index is 1.83. The van der Waals surface area contributed by atoms with Crippen LogP contribution in [-0.4, -0.2) is 42.9 Å². The second-order valence-electron chi connectivity index (χ2n) is 4.84. The summed E-state index contributed by atoms with van der Waals surface area (Å²) in [4.78, 5) is 10.6. The van der Waals surface area contributed by atoms with E-state index in [-0.39, 0.29) is 18.4 Å². The quantitative estimate of drug-likeness (QED) is 0.739. The average Bonchev–Trinajstić information content (AvgIpc) is 3.01. The highest BCUT2D eigenvalue weighted by Crippen LogP contribution is 2.24. The van der Waals surface area contributed by atoms with Crippen molar-refractivity contribution in [2.45, 2.75) is 38.1 Å². The summed E-state index contributed by atoms with van der Waals surface area (Å²) in [7, 11) is -3.34. The molecule has 0 aromatic heterocycles. The molecule has 98 valence electrons. The van der Waals surface area contributed by atoms with Crippen LogP contribution in [0, 0.1) is 5.92 Å². The van der Waals surface area contributed by atoms with E-state index in [0.29, 0.717) is 25.9 Å². The maximum Gasteiger partial charge on any atom is 0.303 e. The molecule has 7 heteroatoms. The molecule has 2 rings (SSSR count). The van der Waals surface area contributed by atoms with E-state index in [1.54, 1.807) is 0 Å². The van der Waals surface area contributed by atoms with Crippen LogP contribution in [-0.2, 0) is 15.0 Å². The number of aliphatic carboxylic acids is 1. The summed E-state index contributed by atoms with van der Waals surface area (Å²) in [5, 5.41) is 8.67. The number of nitrogens with one attached hydrogen (secondary N) is 1. The molecule has 1 heterocycles. The van der Waals surface area contributed by atoms with Crippen molar-refractivity contribution in [1.29, 1.82) is 0 Å². The standard InChI is InChI=1S/C10H18N2O4S/c13-10(14)7-8-3-5-12(6-4-8)17(15,16)11-9-1-2-9/h8-9,11H,1-7H2,(H,13,14). The normalized spacial score (nSPS) is 23.8. The van der Waals surface area contributed by atoms with Gasteiger partial charge in [0.2, 0.25) is 0 Å². The molecule has 0 spiro atoms. The minimum absolute atomic E-state index is 0.111. The van der Waals surface area contributed by atoms with Crippen LogP contribution >= 0.6 is 0 Å². The highest BCUT2D eigenvalue weighted by atomic mass is 32.2. The molecule has 0 amide bonds. The molecular formula is C10H18N2O4S. The van der Waals surface area contributed by atoms with Gasteiger partial charge in [-0.1, -0.05) is 0 Å². The summed E-state index contributed by atoms with van der Waals surface area (Å²) in [6.45, 7) is 0.861. The lowest BCUT2D eigenvalue weighted by molar-refractivity contribution is -0.138. The van der Waals surface area contributed by atoms with E-state index in [0.717, 1.165) is 12.8 Å². The largest absolute Gasteiger partial charge is 0.481 e. The Labute approximate surface area is 101 Å². The zero-order valence-corrected chi connectivity index (χ0v) is 10.4. The van der Waals surface area contributed by atoms with E-state index in [9.17, 15) is 13.2 Å². The Bertz CT molecular complexity index is 383. The van der Waals surface area contributed by atoms with E-state index < -0.39 is 16.2 Å². The van der Waals surface area contributed by atoms with Gasteiger partial charge in [0.05, 0.1) is 0 Å². The SMILES string of the molecule is O=C(O)CC1CCN(S(=O)(=O)NC2CC2)CC1. The van der Waals surface area contributed by atoms with Crippen molar-refractivity contribution in [2.24, 2.45) is 5.92 Å². The predicted octanol–water partition coefficient (Wildman–Crippen LogP) is 0.170. The van der Waals surface area contributed by atoms with Crippen molar-refractivity contribution in [3.05, 3.63) is 0 Å². The Hall–Kier alpha value is -0.660. The van der Waals surface area contributed by atoms with Crippen molar-refractivity contribution in [3.63, 3.8) is 0 Å². The third-order valence-corrected chi connectivity index (χ3v) is 4.95. The summed E-state index contributed by atoms with van der Waals surface area (Å²) in [5.74, 6) is -0.692. The molecule has 1 saturated carbocycles. The minimum atomic E-state index is -3.34. The number of hydrogen-bond acceptors (Lipinski definition) is 3. The molecule has 0 aromatic carbocycles. The van der Waals surface area contributed by atoms with Crippen LogP contribution in [0.15, 0.2) is 0 Å². The maximum atomic E-state index is 11.9. The van der Waals surface area contributed by atoms with Crippen LogP contribution in [0.2, 0.25) is 0 Å². The van der Waals surface area contributed by atoms with Crippen LogP contribution < -0.4 is 4.72 Å². The molecule has 2 fully saturated rings. The zero-order valence-electron chi connectivity index (χ0n) is 9.63. The van der Waals surface area contributed by atoms with Gasteiger partial charge in [0.15, 0.2) is 0 Å². The third kappa shape index (κ3) is 3.65. The summed E-state index contributed by atoms with van der Waals surface area (Å²) >= 11 is 0. The van der Waals surface area contributed by atoms with Gasteiger partial charge in [0.1, 0.15) is 0 Å². The van der Waals surface area contributed by atoms with E-state index in [2.05, 4.69) is 4.72 Å². The van der Waals surface area contributed by atoms with Gasteiger partial charge in [0.25, 0.3) is 10.2 Å². The van der Waals surface area contributed by atoms with Crippen LogP contribution in [0.1, 0.15) is 32.1 Å². The molecular weight excluding hydrogens is 244 g/mol.